The average Bonchev–Trinajstić information content (AvgIpc) is 2.94. The van der Waals surface area contributed by atoms with Crippen LogP contribution in [0.1, 0.15) is 49.2 Å². The molecule has 1 aromatic carbocycles. The van der Waals surface area contributed by atoms with Crippen molar-refractivity contribution in [3.05, 3.63) is 52.1 Å². The highest BCUT2D eigenvalue weighted by atomic mass is 16.8. The molecule has 0 bridgehead atoms. The molecule has 1 aromatic rings. The van der Waals surface area contributed by atoms with Gasteiger partial charge in [0.15, 0.2) is 12.4 Å². The topological polar surface area (TPSA) is 222 Å². The van der Waals surface area contributed by atoms with Crippen molar-refractivity contribution in [2.75, 3.05) is 13.2 Å². The average molecular weight is 598 g/mol. The molecule has 42 heavy (non-hydrogen) atoms. The third-order valence-corrected chi connectivity index (χ3v) is 7.19. The van der Waals surface area contributed by atoms with Crippen LogP contribution in [0.3, 0.4) is 0 Å². The molecular weight excluding hydrogens is 554 g/mol. The quantitative estimate of drug-likeness (QED) is 0.141. The van der Waals surface area contributed by atoms with Gasteiger partial charge in [-0.25, -0.2) is 0 Å². The van der Waals surface area contributed by atoms with E-state index in [1.807, 2.05) is 39.8 Å². The fourth-order valence-corrected chi connectivity index (χ4v) is 4.73. The molecular formula is C29H43NO12. The van der Waals surface area contributed by atoms with Crippen molar-refractivity contribution in [3.8, 4) is 5.75 Å². The van der Waals surface area contributed by atoms with Gasteiger partial charge in [-0.1, -0.05) is 23.3 Å². The van der Waals surface area contributed by atoms with Crippen LogP contribution in [0, 0.1) is 0 Å². The molecule has 1 amide bonds. The molecule has 2 aliphatic rings. The number of carbonyl (C=O) groups excluding carboxylic acids is 1. The Morgan fingerprint density at radius 1 is 0.786 bits per heavy atom. The summed E-state index contributed by atoms with van der Waals surface area (Å²) in [6.45, 7) is 6.22. The van der Waals surface area contributed by atoms with E-state index in [-0.39, 0.29) is 11.3 Å². The minimum atomic E-state index is -1.81. The number of benzene rings is 1. The maximum atomic E-state index is 12.2. The van der Waals surface area contributed by atoms with Gasteiger partial charge in [-0.05, 0) is 63.8 Å². The number of hydrogen-bond acceptors (Lipinski definition) is 12. The van der Waals surface area contributed by atoms with Gasteiger partial charge in [0.05, 0.1) is 13.2 Å². The zero-order valence-electron chi connectivity index (χ0n) is 24.2. The van der Waals surface area contributed by atoms with E-state index in [9.17, 15) is 40.5 Å². The lowest BCUT2D eigenvalue weighted by molar-refractivity contribution is -0.358. The third-order valence-electron chi connectivity index (χ3n) is 7.19. The lowest BCUT2D eigenvalue weighted by Gasteiger charge is -2.46. The summed E-state index contributed by atoms with van der Waals surface area (Å²) < 4.78 is 23.4. The van der Waals surface area contributed by atoms with Crippen molar-refractivity contribution in [1.82, 2.24) is 0 Å². The van der Waals surface area contributed by atoms with Crippen molar-refractivity contribution >= 4 is 5.91 Å². The number of amides is 1. The summed E-state index contributed by atoms with van der Waals surface area (Å²) in [4.78, 5) is 12.2. The van der Waals surface area contributed by atoms with Gasteiger partial charge >= 0.3 is 0 Å². The van der Waals surface area contributed by atoms with Gasteiger partial charge in [-0.3, -0.25) is 4.79 Å². The second kappa shape index (κ2) is 14.8. The number of hydrogen-bond donors (Lipinski definition) is 8. The molecule has 236 valence electrons. The van der Waals surface area contributed by atoms with Crippen LogP contribution in [0.25, 0.3) is 0 Å². The Balaban J connectivity index is 2.08. The van der Waals surface area contributed by atoms with Crippen LogP contribution in [0.15, 0.2) is 35.4 Å². The summed E-state index contributed by atoms with van der Waals surface area (Å²) in [6.07, 6.45) is -11.4. The fraction of sp³-hybridized carbons (Fsp3) is 0.621. The van der Waals surface area contributed by atoms with Crippen LogP contribution in [0.4, 0.5) is 0 Å². The standard InChI is InChI=1S/C29H43NO12/c1-13(2)5-7-15-9-17(27(30)38)10-16(8-6-14(3)4)25(15)41-29-26(23(36)21(34)19(12-32)40-29)42-28-24(37)22(35)20(33)18(11-31)39-28/h5-6,9-10,18-24,26,28-29,31-37H,7-8,11-12H2,1-4H3,(H2,30,38). The highest BCUT2D eigenvalue weighted by Crippen LogP contribution is 2.35. The molecule has 2 aliphatic heterocycles. The van der Waals surface area contributed by atoms with Crippen LogP contribution < -0.4 is 10.5 Å². The van der Waals surface area contributed by atoms with E-state index in [0.29, 0.717) is 24.0 Å². The van der Waals surface area contributed by atoms with E-state index in [1.54, 1.807) is 12.1 Å². The minimum absolute atomic E-state index is 0.249. The number of allylic oxidation sites excluding steroid dienone is 4. The second-order valence-electron chi connectivity index (χ2n) is 11.1. The summed E-state index contributed by atoms with van der Waals surface area (Å²) >= 11 is 0. The molecule has 0 radical (unpaired) electrons. The highest BCUT2D eigenvalue weighted by Gasteiger charge is 2.51. The maximum absolute atomic E-state index is 12.2. The Bertz CT molecular complexity index is 1090. The van der Waals surface area contributed by atoms with Gasteiger partial charge in [-0.2, -0.15) is 0 Å². The van der Waals surface area contributed by atoms with Gasteiger partial charge in [-0.15, -0.1) is 0 Å². The molecule has 0 aromatic heterocycles. The lowest BCUT2D eigenvalue weighted by atomic mass is 9.96. The summed E-state index contributed by atoms with van der Waals surface area (Å²) in [6, 6.07) is 3.16. The van der Waals surface area contributed by atoms with Crippen molar-refractivity contribution in [2.24, 2.45) is 5.73 Å². The summed E-state index contributed by atoms with van der Waals surface area (Å²) in [7, 11) is 0. The largest absolute Gasteiger partial charge is 0.461 e. The Labute approximate surface area is 244 Å². The molecule has 13 nitrogen and oxygen atoms in total. The number of ether oxygens (including phenoxy) is 4. The highest BCUT2D eigenvalue weighted by molar-refractivity contribution is 5.93. The molecule has 10 unspecified atom stereocenters. The predicted octanol–water partition coefficient (Wildman–Crippen LogP) is -1.19. The number of aliphatic hydroxyl groups is 7. The first-order chi connectivity index (χ1) is 19.8. The fourth-order valence-electron chi connectivity index (χ4n) is 4.73. The normalized spacial score (nSPS) is 33.1. The first-order valence-corrected chi connectivity index (χ1v) is 13.8. The second-order valence-corrected chi connectivity index (χ2v) is 11.1. The zero-order chi connectivity index (χ0) is 31.3. The molecule has 3 rings (SSSR count). The molecule has 10 atom stereocenters. The Kier molecular flexibility index (Phi) is 12.0. The van der Waals surface area contributed by atoms with Crippen LogP contribution in [-0.4, -0.2) is 116 Å². The molecule has 0 spiro atoms. The van der Waals surface area contributed by atoms with Gasteiger partial charge in [0, 0.05) is 5.56 Å². The van der Waals surface area contributed by atoms with Crippen LogP contribution in [-0.2, 0) is 27.1 Å². The summed E-state index contributed by atoms with van der Waals surface area (Å²) in [5, 5.41) is 71.9. The maximum Gasteiger partial charge on any atom is 0.248 e. The summed E-state index contributed by atoms with van der Waals surface area (Å²) in [5.41, 5.74) is 8.96. The van der Waals surface area contributed by atoms with Crippen LogP contribution in [0.5, 0.6) is 5.75 Å². The van der Waals surface area contributed by atoms with Gasteiger partial charge in [0.25, 0.3) is 0 Å². The Morgan fingerprint density at radius 2 is 1.26 bits per heavy atom. The first kappa shape index (κ1) is 34.1. The predicted molar refractivity (Wildman–Crippen MR) is 148 cm³/mol. The number of rotatable bonds is 11. The van der Waals surface area contributed by atoms with E-state index < -0.39 is 80.5 Å². The molecule has 2 fully saturated rings. The molecule has 13 heteroatoms. The molecule has 2 saturated heterocycles. The van der Waals surface area contributed by atoms with E-state index in [2.05, 4.69) is 0 Å². The Morgan fingerprint density at radius 3 is 1.71 bits per heavy atom. The van der Waals surface area contributed by atoms with Crippen molar-refractivity contribution in [3.63, 3.8) is 0 Å². The van der Waals surface area contributed by atoms with E-state index in [4.69, 9.17) is 24.7 Å². The molecule has 2 heterocycles. The molecule has 9 N–H and O–H groups in total. The first-order valence-electron chi connectivity index (χ1n) is 13.8. The van der Waals surface area contributed by atoms with Crippen molar-refractivity contribution in [2.45, 2.75) is 102 Å². The van der Waals surface area contributed by atoms with Crippen LogP contribution in [0.2, 0.25) is 0 Å². The van der Waals surface area contributed by atoms with Crippen molar-refractivity contribution < 1.29 is 59.5 Å². The van der Waals surface area contributed by atoms with E-state index in [1.165, 1.54) is 0 Å². The van der Waals surface area contributed by atoms with Gasteiger partial charge in [0.1, 0.15) is 48.5 Å². The zero-order valence-corrected chi connectivity index (χ0v) is 24.2. The van der Waals surface area contributed by atoms with Gasteiger partial charge in [0.2, 0.25) is 12.2 Å². The molecule has 0 saturated carbocycles. The van der Waals surface area contributed by atoms with Gasteiger partial charge < -0.3 is 60.4 Å². The van der Waals surface area contributed by atoms with Crippen LogP contribution >= 0.6 is 0 Å². The number of aliphatic hydroxyl groups excluding tert-OH is 7. The molecule has 0 aliphatic carbocycles. The van der Waals surface area contributed by atoms with Crippen molar-refractivity contribution in [1.29, 1.82) is 0 Å². The lowest BCUT2D eigenvalue weighted by Crippen LogP contribution is -2.65. The summed E-state index contributed by atoms with van der Waals surface area (Å²) in [5.74, 6) is -0.363. The Hall–Kier alpha value is -2.43. The number of nitrogens with two attached hydrogens (primary N) is 1. The smallest absolute Gasteiger partial charge is 0.248 e. The van der Waals surface area contributed by atoms with E-state index in [0.717, 1.165) is 11.1 Å². The van der Waals surface area contributed by atoms with E-state index >= 15 is 0 Å². The minimum Gasteiger partial charge on any atom is -0.461 e. The number of carbonyl (C=O) groups is 1. The number of primary amides is 1. The SMILES string of the molecule is CC(C)=CCc1cc(C(N)=O)cc(CC=C(C)C)c1OC1OC(CO)C(O)C(O)C1OC1OC(CO)C(O)C(O)C1O. The monoisotopic (exact) mass is 597 g/mol. The third kappa shape index (κ3) is 7.94.